The summed E-state index contributed by atoms with van der Waals surface area (Å²) in [4.78, 5) is 17.5. The highest BCUT2D eigenvalue weighted by Crippen LogP contribution is 2.49. The van der Waals surface area contributed by atoms with Gasteiger partial charge in [0.25, 0.3) is 5.54 Å². The monoisotopic (exact) mass is 352 g/mol. The van der Waals surface area contributed by atoms with Gasteiger partial charge in [-0.15, -0.1) is 5.10 Å². The molecule has 2 aromatic rings. The molecular weight excluding hydrogens is 336 g/mol. The number of oxime groups is 1. The van der Waals surface area contributed by atoms with Crippen molar-refractivity contribution >= 4 is 18.0 Å². The van der Waals surface area contributed by atoms with Gasteiger partial charge in [0.15, 0.2) is 0 Å². The maximum absolute atomic E-state index is 12.2. The molecule has 1 aromatic carbocycles. The molecule has 1 saturated carbocycles. The van der Waals surface area contributed by atoms with Gasteiger partial charge in [-0.25, -0.2) is 16.0 Å². The third-order valence-corrected chi connectivity index (χ3v) is 4.67. The molecule has 0 radical (unpaired) electrons. The Hall–Kier alpha value is -3.41. The zero-order chi connectivity index (χ0) is 18.1. The van der Waals surface area contributed by atoms with Gasteiger partial charge in [0.05, 0.1) is 25.5 Å². The molecule has 2 fully saturated rings. The number of nitrogens with zero attached hydrogens (tertiary/aromatic N) is 6. The quantitative estimate of drug-likeness (QED) is 0.384. The van der Waals surface area contributed by atoms with Crippen molar-refractivity contribution in [3.05, 3.63) is 53.1 Å². The maximum Gasteiger partial charge on any atom is 0.414 e. The Morgan fingerprint density at radius 1 is 1.42 bits per heavy atom. The Morgan fingerprint density at radius 2 is 2.19 bits per heavy atom. The molecule has 132 valence electrons. The predicted octanol–water partition coefficient (Wildman–Crippen LogP) is 2.02. The predicted molar refractivity (Wildman–Crippen MR) is 91.0 cm³/mol. The molecule has 0 bridgehead atoms. The van der Waals surface area contributed by atoms with E-state index >= 15 is 0 Å². The van der Waals surface area contributed by atoms with Crippen molar-refractivity contribution in [1.29, 1.82) is 0 Å². The van der Waals surface area contributed by atoms with Crippen molar-refractivity contribution in [1.82, 2.24) is 15.0 Å². The lowest BCUT2D eigenvalue weighted by atomic mass is 10.1. The third kappa shape index (κ3) is 2.86. The zero-order valence-electron chi connectivity index (χ0n) is 13.8. The Balaban J connectivity index is 1.43. The van der Waals surface area contributed by atoms with Crippen LogP contribution in [0.4, 0.5) is 10.5 Å². The minimum absolute atomic E-state index is 0.352. The molecule has 9 nitrogen and oxygen atoms in total. The molecule has 1 unspecified atom stereocenters. The van der Waals surface area contributed by atoms with Gasteiger partial charge in [0, 0.05) is 24.1 Å². The van der Waals surface area contributed by atoms with Crippen LogP contribution in [0.5, 0.6) is 0 Å². The second-order valence-corrected chi connectivity index (χ2v) is 6.42. The molecule has 1 atom stereocenters. The van der Waals surface area contributed by atoms with Gasteiger partial charge in [-0.3, -0.25) is 4.90 Å². The topological polar surface area (TPSA) is 97.2 Å². The summed E-state index contributed by atoms with van der Waals surface area (Å²) in [6.45, 7) is 8.08. The molecule has 1 saturated heterocycles. The number of amides is 1. The first kappa shape index (κ1) is 16.1. The van der Waals surface area contributed by atoms with Crippen molar-refractivity contribution in [2.75, 3.05) is 11.4 Å². The van der Waals surface area contributed by atoms with Gasteiger partial charge in [-0.2, -0.15) is 0 Å². The summed E-state index contributed by atoms with van der Waals surface area (Å²) in [5.74, 6) is 0. The highest BCUT2D eigenvalue weighted by atomic mass is 16.6. The van der Waals surface area contributed by atoms with Crippen LogP contribution in [0.25, 0.3) is 4.85 Å². The molecule has 26 heavy (non-hydrogen) atoms. The van der Waals surface area contributed by atoms with Crippen LogP contribution in [0.15, 0.2) is 35.6 Å². The molecule has 2 aliphatic rings. The van der Waals surface area contributed by atoms with Crippen molar-refractivity contribution in [2.24, 2.45) is 5.16 Å². The van der Waals surface area contributed by atoms with E-state index in [2.05, 4.69) is 20.3 Å². The van der Waals surface area contributed by atoms with Gasteiger partial charge in [-0.05, 0) is 24.3 Å². The minimum atomic E-state index is -0.411. The summed E-state index contributed by atoms with van der Waals surface area (Å²) < 4.78 is 6.94. The Kier molecular flexibility index (Phi) is 3.80. The summed E-state index contributed by atoms with van der Waals surface area (Å²) in [7, 11) is 0. The van der Waals surface area contributed by atoms with E-state index in [9.17, 15) is 4.79 Å². The van der Waals surface area contributed by atoms with Crippen LogP contribution in [0, 0.1) is 6.57 Å². The number of benzene rings is 1. The number of aromatic nitrogens is 3. The first-order chi connectivity index (χ1) is 12.6. The van der Waals surface area contributed by atoms with Crippen LogP contribution in [-0.4, -0.2) is 45.2 Å². The van der Waals surface area contributed by atoms with Gasteiger partial charge in [0.2, 0.25) is 0 Å². The summed E-state index contributed by atoms with van der Waals surface area (Å²) in [6, 6.07) is 7.54. The van der Waals surface area contributed by atoms with Crippen molar-refractivity contribution in [3.63, 3.8) is 0 Å². The fraction of sp³-hybridized carbons (Fsp3) is 0.353. The van der Waals surface area contributed by atoms with Crippen LogP contribution in [0.1, 0.15) is 24.1 Å². The Bertz CT molecular complexity index is 894. The van der Waals surface area contributed by atoms with E-state index in [0.29, 0.717) is 18.8 Å². The highest BCUT2D eigenvalue weighted by Gasteiger charge is 2.52. The van der Waals surface area contributed by atoms with Gasteiger partial charge in [0.1, 0.15) is 11.8 Å². The van der Waals surface area contributed by atoms with Crippen molar-refractivity contribution < 1.29 is 14.7 Å². The highest BCUT2D eigenvalue weighted by molar-refractivity contribution is 5.89. The molecule has 1 N–H and O–H groups in total. The summed E-state index contributed by atoms with van der Waals surface area (Å²) >= 11 is 0. The number of cyclic esters (lactones) is 1. The molecule has 1 amide bonds. The van der Waals surface area contributed by atoms with Gasteiger partial charge >= 0.3 is 6.09 Å². The third-order valence-electron chi connectivity index (χ3n) is 4.67. The Morgan fingerprint density at radius 3 is 2.85 bits per heavy atom. The molecule has 1 aliphatic carbocycles. The van der Waals surface area contributed by atoms with E-state index < -0.39 is 6.09 Å². The lowest BCUT2D eigenvalue weighted by Crippen LogP contribution is -2.26. The Labute approximate surface area is 149 Å². The van der Waals surface area contributed by atoms with E-state index in [1.807, 2.05) is 24.3 Å². The standard InChI is InChI=1S/C17H16N6O3/c1-18-17(6-7-17)12-2-4-14(5-3-12)23-11-15(26-16(23)24)10-22-9-13(8-19-25)20-21-22/h2-5,8-9,15,25H,6-7,10-11H2/b19-8+. The molecule has 9 heteroatoms. The van der Waals surface area contributed by atoms with Crippen LogP contribution >= 0.6 is 0 Å². The van der Waals surface area contributed by atoms with Crippen LogP contribution < -0.4 is 4.90 Å². The van der Waals surface area contributed by atoms with Crippen LogP contribution in [0.2, 0.25) is 0 Å². The number of carbonyl (C=O) groups excluding carboxylic acids is 1. The van der Waals surface area contributed by atoms with Crippen LogP contribution in [0.3, 0.4) is 0 Å². The number of anilines is 1. The average molecular weight is 352 g/mol. The normalized spacial score (nSPS) is 21.0. The molecular formula is C17H16N6O3. The largest absolute Gasteiger partial charge is 0.442 e. The number of ether oxygens (including phenoxy) is 1. The number of rotatable bonds is 5. The molecule has 4 rings (SSSR count). The average Bonchev–Trinajstić information content (AvgIpc) is 3.20. The number of carbonyl (C=O) groups is 1. The van der Waals surface area contributed by atoms with E-state index in [4.69, 9.17) is 16.5 Å². The molecule has 1 aromatic heterocycles. The fourth-order valence-corrected chi connectivity index (χ4v) is 3.09. The minimum Gasteiger partial charge on any atom is -0.442 e. The smallest absolute Gasteiger partial charge is 0.414 e. The first-order valence-corrected chi connectivity index (χ1v) is 8.18. The summed E-state index contributed by atoms with van der Waals surface area (Å²) in [5.41, 5.74) is 1.81. The van der Waals surface area contributed by atoms with Gasteiger partial charge < -0.3 is 14.8 Å². The van der Waals surface area contributed by atoms with E-state index in [1.165, 1.54) is 10.9 Å². The summed E-state index contributed by atoms with van der Waals surface area (Å²) in [5, 5.41) is 19.1. The second kappa shape index (κ2) is 6.15. The van der Waals surface area contributed by atoms with Crippen molar-refractivity contribution in [2.45, 2.75) is 31.0 Å². The first-order valence-electron chi connectivity index (χ1n) is 8.18. The molecule has 2 heterocycles. The van der Waals surface area contributed by atoms with E-state index in [0.717, 1.165) is 24.1 Å². The van der Waals surface area contributed by atoms with Crippen molar-refractivity contribution in [3.8, 4) is 0 Å². The second-order valence-electron chi connectivity index (χ2n) is 6.42. The molecule has 0 spiro atoms. The van der Waals surface area contributed by atoms with E-state index in [1.54, 1.807) is 11.1 Å². The van der Waals surface area contributed by atoms with Crippen LogP contribution in [-0.2, 0) is 16.8 Å². The fourth-order valence-electron chi connectivity index (χ4n) is 3.09. The maximum atomic E-state index is 12.2. The summed E-state index contributed by atoms with van der Waals surface area (Å²) in [6.07, 6.45) is 3.79. The lowest BCUT2D eigenvalue weighted by Gasteiger charge is -2.13. The number of hydrogen-bond acceptors (Lipinski definition) is 6. The SMILES string of the molecule is [C-]#[N+]C1(c2ccc(N3CC(Cn4cc(/C=N/O)nn4)OC3=O)cc2)CC1. The number of hydrogen-bond donors (Lipinski definition) is 1. The van der Waals surface area contributed by atoms with Gasteiger partial charge in [-0.1, -0.05) is 10.4 Å². The lowest BCUT2D eigenvalue weighted by molar-refractivity contribution is 0.129. The molecule has 1 aliphatic heterocycles. The van der Waals surface area contributed by atoms with E-state index in [-0.39, 0.29) is 11.6 Å². The zero-order valence-corrected chi connectivity index (χ0v) is 13.8.